The van der Waals surface area contributed by atoms with Crippen LogP contribution in [-0.2, 0) is 4.79 Å². The number of aromatic hydroxyl groups is 1. The van der Waals surface area contributed by atoms with Crippen molar-refractivity contribution in [3.63, 3.8) is 0 Å². The Morgan fingerprint density at radius 1 is 1.12 bits per heavy atom. The number of carbonyl (C=O) groups excluding carboxylic acids is 2. The second kappa shape index (κ2) is 8.15. The van der Waals surface area contributed by atoms with Gasteiger partial charge in [-0.1, -0.05) is 12.1 Å². The van der Waals surface area contributed by atoms with Gasteiger partial charge < -0.3 is 5.11 Å². The molecule has 2 aromatic carbocycles. The van der Waals surface area contributed by atoms with E-state index < -0.39 is 22.0 Å². The summed E-state index contributed by atoms with van der Waals surface area (Å²) >= 11 is 1.19. The Kier molecular flexibility index (Phi) is 5.96. The number of benzene rings is 2. The number of hydrogen-bond acceptors (Lipinski definition) is 6. The molecule has 1 atom stereocenters. The van der Waals surface area contributed by atoms with Gasteiger partial charge in [-0.3, -0.25) is 30.6 Å². The zero-order chi connectivity index (χ0) is 18.4. The fraction of sp³-hybridized carbons (Fsp3) is 0.125. The van der Waals surface area contributed by atoms with E-state index in [2.05, 4.69) is 10.9 Å². The van der Waals surface area contributed by atoms with Crippen LogP contribution in [0.15, 0.2) is 53.4 Å². The Bertz CT molecular complexity index is 795. The third-order valence-corrected chi connectivity index (χ3v) is 4.29. The van der Waals surface area contributed by atoms with Crippen LogP contribution >= 0.6 is 11.8 Å². The van der Waals surface area contributed by atoms with Crippen LogP contribution in [0, 0.1) is 10.1 Å². The number of hydrazine groups is 1. The minimum absolute atomic E-state index is 0.0311. The van der Waals surface area contributed by atoms with E-state index in [1.807, 2.05) is 0 Å². The highest BCUT2D eigenvalue weighted by Crippen LogP contribution is 2.25. The number of thioether (sulfide) groups is 1. The van der Waals surface area contributed by atoms with E-state index in [0.717, 1.165) is 0 Å². The predicted molar refractivity (Wildman–Crippen MR) is 92.1 cm³/mol. The van der Waals surface area contributed by atoms with E-state index in [-0.39, 0.29) is 17.0 Å². The molecular formula is C16H15N3O5S. The van der Waals surface area contributed by atoms with Gasteiger partial charge in [-0.2, -0.15) is 0 Å². The van der Waals surface area contributed by atoms with E-state index in [9.17, 15) is 24.8 Å². The third kappa shape index (κ3) is 4.95. The summed E-state index contributed by atoms with van der Waals surface area (Å²) < 4.78 is 0. The summed E-state index contributed by atoms with van der Waals surface area (Å²) in [7, 11) is 0. The van der Waals surface area contributed by atoms with Crippen LogP contribution in [0.25, 0.3) is 0 Å². The summed E-state index contributed by atoms with van der Waals surface area (Å²) in [5.74, 6) is -1.28. The molecule has 2 aromatic rings. The average molecular weight is 361 g/mol. The van der Waals surface area contributed by atoms with Crippen molar-refractivity contribution < 1.29 is 19.6 Å². The molecule has 130 valence electrons. The van der Waals surface area contributed by atoms with Gasteiger partial charge in [0, 0.05) is 17.0 Å². The van der Waals surface area contributed by atoms with Crippen LogP contribution in [-0.4, -0.2) is 27.1 Å². The van der Waals surface area contributed by atoms with Crippen molar-refractivity contribution in [2.75, 3.05) is 0 Å². The predicted octanol–water partition coefficient (Wildman–Crippen LogP) is 2.24. The normalized spacial score (nSPS) is 11.4. The lowest BCUT2D eigenvalue weighted by Crippen LogP contribution is -2.44. The largest absolute Gasteiger partial charge is 0.507 e. The van der Waals surface area contributed by atoms with Gasteiger partial charge in [-0.25, -0.2) is 0 Å². The number of nitrogens with one attached hydrogen (secondary N) is 2. The highest BCUT2D eigenvalue weighted by molar-refractivity contribution is 8.00. The van der Waals surface area contributed by atoms with Crippen molar-refractivity contribution in [3.05, 3.63) is 64.2 Å². The van der Waals surface area contributed by atoms with Crippen molar-refractivity contribution in [1.29, 1.82) is 0 Å². The molecule has 0 unspecified atom stereocenters. The highest BCUT2D eigenvalue weighted by Gasteiger charge is 2.17. The molecule has 0 spiro atoms. The smallest absolute Gasteiger partial charge is 0.273 e. The number of para-hydroxylation sites is 1. The second-order valence-electron chi connectivity index (χ2n) is 4.97. The van der Waals surface area contributed by atoms with E-state index in [4.69, 9.17) is 0 Å². The van der Waals surface area contributed by atoms with Gasteiger partial charge in [0.2, 0.25) is 0 Å². The first-order chi connectivity index (χ1) is 11.9. The van der Waals surface area contributed by atoms with Gasteiger partial charge in [0.25, 0.3) is 17.5 Å². The number of carbonyl (C=O) groups is 2. The van der Waals surface area contributed by atoms with Crippen LogP contribution in [0.2, 0.25) is 0 Å². The molecule has 0 saturated heterocycles. The van der Waals surface area contributed by atoms with Crippen LogP contribution in [0.4, 0.5) is 5.69 Å². The highest BCUT2D eigenvalue weighted by atomic mass is 32.2. The summed E-state index contributed by atoms with van der Waals surface area (Å²) in [4.78, 5) is 34.7. The Morgan fingerprint density at radius 3 is 2.36 bits per heavy atom. The summed E-state index contributed by atoms with van der Waals surface area (Å²) in [5.41, 5.74) is 4.52. The first-order valence-corrected chi connectivity index (χ1v) is 8.05. The van der Waals surface area contributed by atoms with Gasteiger partial charge in [-0.15, -0.1) is 11.8 Å². The summed E-state index contributed by atoms with van der Waals surface area (Å²) in [6.07, 6.45) is 0. The maximum atomic E-state index is 12.0. The van der Waals surface area contributed by atoms with Crippen LogP contribution in [0.5, 0.6) is 5.75 Å². The first kappa shape index (κ1) is 18.3. The Labute approximate surface area is 147 Å². The van der Waals surface area contributed by atoms with Crippen molar-refractivity contribution in [2.45, 2.75) is 17.1 Å². The molecule has 0 saturated carbocycles. The van der Waals surface area contributed by atoms with Crippen molar-refractivity contribution >= 4 is 29.3 Å². The van der Waals surface area contributed by atoms with E-state index >= 15 is 0 Å². The topological polar surface area (TPSA) is 122 Å². The fourth-order valence-electron chi connectivity index (χ4n) is 1.86. The maximum Gasteiger partial charge on any atom is 0.273 e. The van der Waals surface area contributed by atoms with E-state index in [1.54, 1.807) is 31.2 Å². The molecule has 0 heterocycles. The standard InChI is InChI=1S/C16H15N3O5S/c1-10(25-12-8-6-11(7-9-12)19(23)24)15(21)17-18-16(22)13-4-2-3-5-14(13)20/h2-10,20H,1H3,(H,17,21)(H,18,22)/t10-/m1/s1. The fourth-order valence-corrected chi connectivity index (χ4v) is 2.72. The molecule has 3 N–H and O–H groups in total. The SMILES string of the molecule is C[C@@H](Sc1ccc([N+](=O)[O-])cc1)C(=O)NNC(=O)c1ccccc1O. The van der Waals surface area contributed by atoms with Gasteiger partial charge in [0.1, 0.15) is 5.75 Å². The summed E-state index contributed by atoms with van der Waals surface area (Å²) in [6, 6.07) is 11.8. The van der Waals surface area contributed by atoms with Crippen molar-refractivity contribution in [2.24, 2.45) is 0 Å². The first-order valence-electron chi connectivity index (χ1n) is 7.18. The molecule has 0 aliphatic rings. The second-order valence-corrected chi connectivity index (χ2v) is 6.39. The molecule has 8 nitrogen and oxygen atoms in total. The van der Waals surface area contributed by atoms with Crippen LogP contribution in [0.1, 0.15) is 17.3 Å². The monoisotopic (exact) mass is 361 g/mol. The van der Waals surface area contributed by atoms with Crippen molar-refractivity contribution in [1.82, 2.24) is 10.9 Å². The van der Waals surface area contributed by atoms with Gasteiger partial charge in [0.05, 0.1) is 15.7 Å². The zero-order valence-electron chi connectivity index (χ0n) is 13.1. The van der Waals surface area contributed by atoms with Crippen LogP contribution < -0.4 is 10.9 Å². The maximum absolute atomic E-state index is 12.0. The third-order valence-electron chi connectivity index (χ3n) is 3.18. The summed E-state index contributed by atoms with van der Waals surface area (Å²) in [5, 5.41) is 19.6. The molecule has 2 rings (SSSR count). The number of nitrogens with zero attached hydrogens (tertiary/aromatic N) is 1. The molecule has 0 fully saturated rings. The van der Waals surface area contributed by atoms with Gasteiger partial charge in [-0.05, 0) is 31.2 Å². The minimum atomic E-state index is -0.640. The average Bonchev–Trinajstić information content (AvgIpc) is 2.60. The number of nitro groups is 1. The lowest BCUT2D eigenvalue weighted by Gasteiger charge is -2.13. The summed E-state index contributed by atoms with van der Waals surface area (Å²) in [6.45, 7) is 1.63. The number of phenolic OH excluding ortho intramolecular Hbond substituents is 1. The van der Waals surface area contributed by atoms with Gasteiger partial charge in [0.15, 0.2) is 0 Å². The quantitative estimate of drug-likeness (QED) is 0.426. The van der Waals surface area contributed by atoms with E-state index in [1.165, 1.54) is 36.0 Å². The molecule has 25 heavy (non-hydrogen) atoms. The van der Waals surface area contributed by atoms with E-state index in [0.29, 0.717) is 4.90 Å². The number of phenols is 1. The molecule has 9 heteroatoms. The molecule has 0 radical (unpaired) electrons. The number of non-ortho nitro benzene ring substituents is 1. The zero-order valence-corrected chi connectivity index (χ0v) is 13.9. The lowest BCUT2D eigenvalue weighted by atomic mass is 10.2. The van der Waals surface area contributed by atoms with Crippen molar-refractivity contribution in [3.8, 4) is 5.75 Å². The molecule has 0 bridgehead atoms. The Balaban J connectivity index is 1.89. The van der Waals surface area contributed by atoms with Crippen LogP contribution in [0.3, 0.4) is 0 Å². The number of nitro benzene ring substituents is 1. The number of rotatable bonds is 5. The minimum Gasteiger partial charge on any atom is -0.507 e. The Hall–Kier alpha value is -3.07. The lowest BCUT2D eigenvalue weighted by molar-refractivity contribution is -0.384. The van der Waals surface area contributed by atoms with Gasteiger partial charge >= 0.3 is 0 Å². The molecule has 2 amide bonds. The molecule has 0 aromatic heterocycles. The molecule has 0 aliphatic carbocycles. The number of amides is 2. The number of hydrogen-bond donors (Lipinski definition) is 3. The Morgan fingerprint density at radius 2 is 1.76 bits per heavy atom. The molecular weight excluding hydrogens is 346 g/mol. The molecule has 0 aliphatic heterocycles.